The molecule has 2 unspecified atom stereocenters. The van der Waals surface area contributed by atoms with E-state index in [0.717, 1.165) is 54.8 Å². The van der Waals surface area contributed by atoms with E-state index in [0.29, 0.717) is 5.92 Å². The number of rotatable bonds is 5. The minimum Gasteiger partial charge on any atom is -0.338 e. The van der Waals surface area contributed by atoms with Gasteiger partial charge in [-0.1, -0.05) is 6.92 Å². The largest absolute Gasteiger partial charge is 0.338 e. The van der Waals surface area contributed by atoms with Gasteiger partial charge in [-0.05, 0) is 58.7 Å². The Morgan fingerprint density at radius 2 is 2.15 bits per heavy atom. The Morgan fingerprint density at radius 3 is 2.81 bits per heavy atom. The van der Waals surface area contributed by atoms with Crippen molar-refractivity contribution in [1.82, 2.24) is 25.0 Å². The highest BCUT2D eigenvalue weighted by atomic mass is 35.5. The second kappa shape index (κ2) is 10.2. The summed E-state index contributed by atoms with van der Waals surface area (Å²) in [5.41, 5.74) is 2.42. The number of amides is 1. The van der Waals surface area contributed by atoms with E-state index in [1.807, 2.05) is 29.6 Å². The molecule has 152 valence electrons. The van der Waals surface area contributed by atoms with Crippen LogP contribution in [0.2, 0.25) is 0 Å². The average molecular weight is 416 g/mol. The normalized spacial score (nSPS) is 17.9. The van der Waals surface area contributed by atoms with Gasteiger partial charge >= 0.3 is 0 Å². The molecule has 3 rings (SSSR count). The number of piperidine rings is 1. The highest BCUT2D eigenvalue weighted by Gasteiger charge is 2.26. The van der Waals surface area contributed by atoms with Crippen molar-refractivity contribution >= 4 is 41.8 Å². The number of nitrogens with one attached hydrogen (secondary N) is 1. The van der Waals surface area contributed by atoms with Gasteiger partial charge in [0.2, 0.25) is 0 Å². The Kier molecular flexibility index (Phi) is 8.99. The number of pyridine rings is 1. The van der Waals surface area contributed by atoms with Crippen molar-refractivity contribution in [2.75, 3.05) is 26.7 Å². The third-order valence-corrected chi connectivity index (χ3v) is 5.23. The lowest BCUT2D eigenvalue weighted by Crippen LogP contribution is -2.42. The van der Waals surface area contributed by atoms with Crippen molar-refractivity contribution in [2.45, 2.75) is 46.1 Å². The molecular weight excluding hydrogens is 385 g/mol. The quantitative estimate of drug-likeness (QED) is 0.809. The molecular formula is C19H31Cl2N5O. The van der Waals surface area contributed by atoms with Crippen molar-refractivity contribution in [3.8, 4) is 0 Å². The Balaban J connectivity index is 0.00000182. The molecule has 1 fully saturated rings. The number of carbonyl (C=O) groups excluding carboxylic acids is 1. The summed E-state index contributed by atoms with van der Waals surface area (Å²) in [6, 6.07) is 2.18. The number of aromatic nitrogens is 3. The van der Waals surface area contributed by atoms with E-state index in [2.05, 4.69) is 29.2 Å². The average Bonchev–Trinajstić information content (AvgIpc) is 3.04. The van der Waals surface area contributed by atoms with Crippen LogP contribution in [0, 0.1) is 12.8 Å². The summed E-state index contributed by atoms with van der Waals surface area (Å²) in [6.45, 7) is 8.83. The lowest BCUT2D eigenvalue weighted by atomic mass is 9.97. The SMILES string of the molecule is CCC(C)n1ncc2c(C(=O)N3CCCC(CNC)C3)cc(C)nc21.Cl.Cl. The third-order valence-electron chi connectivity index (χ3n) is 5.23. The van der Waals surface area contributed by atoms with Gasteiger partial charge in [0, 0.05) is 18.8 Å². The molecule has 8 heteroatoms. The van der Waals surface area contributed by atoms with Gasteiger partial charge in [-0.15, -0.1) is 24.8 Å². The van der Waals surface area contributed by atoms with Crippen LogP contribution in [0.5, 0.6) is 0 Å². The van der Waals surface area contributed by atoms with E-state index in [1.165, 1.54) is 6.42 Å². The number of likely N-dealkylation sites (tertiary alicyclic amines) is 1. The number of carbonyl (C=O) groups is 1. The fourth-order valence-corrected chi connectivity index (χ4v) is 3.69. The number of fused-ring (bicyclic) bond motifs is 1. The van der Waals surface area contributed by atoms with Crippen LogP contribution < -0.4 is 5.32 Å². The summed E-state index contributed by atoms with van der Waals surface area (Å²) < 4.78 is 1.94. The molecule has 0 aromatic carbocycles. The van der Waals surface area contributed by atoms with Gasteiger partial charge in [0.15, 0.2) is 5.65 Å². The van der Waals surface area contributed by atoms with Gasteiger partial charge in [-0.25, -0.2) is 9.67 Å². The molecule has 27 heavy (non-hydrogen) atoms. The Hall–Kier alpha value is -1.37. The molecule has 6 nitrogen and oxygen atoms in total. The van der Waals surface area contributed by atoms with Gasteiger partial charge in [0.1, 0.15) is 0 Å². The molecule has 2 atom stereocenters. The number of hydrogen-bond donors (Lipinski definition) is 1. The highest BCUT2D eigenvalue weighted by molar-refractivity contribution is 6.05. The lowest BCUT2D eigenvalue weighted by Gasteiger charge is -2.33. The van der Waals surface area contributed by atoms with Crippen LogP contribution in [0.3, 0.4) is 0 Å². The molecule has 2 aromatic heterocycles. The first kappa shape index (κ1) is 23.7. The highest BCUT2D eigenvalue weighted by Crippen LogP contribution is 2.25. The summed E-state index contributed by atoms with van der Waals surface area (Å²) in [4.78, 5) is 19.9. The lowest BCUT2D eigenvalue weighted by molar-refractivity contribution is 0.0676. The number of hydrogen-bond acceptors (Lipinski definition) is 4. The van der Waals surface area contributed by atoms with Gasteiger partial charge in [0.05, 0.1) is 23.2 Å². The second-order valence-electron chi connectivity index (χ2n) is 7.21. The first-order chi connectivity index (χ1) is 12.0. The molecule has 0 aliphatic carbocycles. The molecule has 0 saturated carbocycles. The Bertz CT molecular complexity index is 762. The Morgan fingerprint density at radius 1 is 1.41 bits per heavy atom. The molecule has 1 amide bonds. The van der Waals surface area contributed by atoms with E-state index in [4.69, 9.17) is 0 Å². The standard InChI is InChI=1S/C19H29N5O.2ClH/c1-5-14(3)24-18-17(11-21-24)16(9-13(2)22-18)19(25)23-8-6-7-15(12-23)10-20-4;;/h9,11,14-15,20H,5-8,10,12H2,1-4H3;2*1H. The zero-order chi connectivity index (χ0) is 18.0. The predicted molar refractivity (Wildman–Crippen MR) is 114 cm³/mol. The molecule has 1 saturated heterocycles. The summed E-state index contributed by atoms with van der Waals surface area (Å²) in [5, 5.41) is 8.62. The maximum atomic E-state index is 13.2. The monoisotopic (exact) mass is 415 g/mol. The van der Waals surface area contributed by atoms with Gasteiger partial charge in [-0.2, -0.15) is 5.10 Å². The van der Waals surface area contributed by atoms with Crippen molar-refractivity contribution in [2.24, 2.45) is 5.92 Å². The maximum Gasteiger partial charge on any atom is 0.254 e. The summed E-state index contributed by atoms with van der Waals surface area (Å²) in [5.74, 6) is 0.643. The summed E-state index contributed by atoms with van der Waals surface area (Å²) >= 11 is 0. The van der Waals surface area contributed by atoms with Crippen molar-refractivity contribution in [3.05, 3.63) is 23.5 Å². The third kappa shape index (κ3) is 4.92. The van der Waals surface area contributed by atoms with Crippen LogP contribution in [0.4, 0.5) is 0 Å². The van der Waals surface area contributed by atoms with E-state index in [-0.39, 0.29) is 36.8 Å². The van der Waals surface area contributed by atoms with E-state index >= 15 is 0 Å². The zero-order valence-corrected chi connectivity index (χ0v) is 18.2. The molecule has 0 bridgehead atoms. The van der Waals surface area contributed by atoms with Crippen molar-refractivity contribution in [1.29, 1.82) is 0 Å². The minimum absolute atomic E-state index is 0. The van der Waals surface area contributed by atoms with Crippen molar-refractivity contribution in [3.63, 3.8) is 0 Å². The topological polar surface area (TPSA) is 63.1 Å². The maximum absolute atomic E-state index is 13.2. The van der Waals surface area contributed by atoms with E-state index in [9.17, 15) is 4.79 Å². The predicted octanol–water partition coefficient (Wildman–Crippen LogP) is 3.63. The first-order valence-corrected chi connectivity index (χ1v) is 9.33. The van der Waals surface area contributed by atoms with Gasteiger partial charge in [0.25, 0.3) is 5.91 Å². The molecule has 0 radical (unpaired) electrons. The smallest absolute Gasteiger partial charge is 0.254 e. The molecule has 3 heterocycles. The molecule has 0 spiro atoms. The Labute approximate surface area is 173 Å². The fraction of sp³-hybridized carbons (Fsp3) is 0.632. The number of aryl methyl sites for hydroxylation is 1. The second-order valence-corrected chi connectivity index (χ2v) is 7.21. The minimum atomic E-state index is 0. The van der Waals surface area contributed by atoms with Crippen LogP contribution in [-0.4, -0.2) is 52.3 Å². The number of nitrogens with zero attached hydrogens (tertiary/aromatic N) is 4. The van der Waals surface area contributed by atoms with E-state index in [1.54, 1.807) is 6.20 Å². The summed E-state index contributed by atoms with van der Waals surface area (Å²) in [7, 11) is 1.97. The van der Waals surface area contributed by atoms with Crippen LogP contribution in [-0.2, 0) is 0 Å². The van der Waals surface area contributed by atoms with Crippen LogP contribution in [0.15, 0.2) is 12.3 Å². The molecule has 2 aromatic rings. The van der Waals surface area contributed by atoms with E-state index < -0.39 is 0 Å². The molecule has 1 aliphatic heterocycles. The van der Waals surface area contributed by atoms with Crippen LogP contribution >= 0.6 is 24.8 Å². The van der Waals surface area contributed by atoms with Crippen LogP contribution in [0.25, 0.3) is 11.0 Å². The first-order valence-electron chi connectivity index (χ1n) is 9.33. The summed E-state index contributed by atoms with van der Waals surface area (Å²) in [6.07, 6.45) is 5.03. The van der Waals surface area contributed by atoms with Gasteiger partial charge < -0.3 is 10.2 Å². The fourth-order valence-electron chi connectivity index (χ4n) is 3.69. The number of halogens is 2. The molecule has 1 N–H and O–H groups in total. The van der Waals surface area contributed by atoms with Gasteiger partial charge in [-0.3, -0.25) is 4.79 Å². The van der Waals surface area contributed by atoms with Crippen LogP contribution in [0.1, 0.15) is 55.2 Å². The molecule has 1 aliphatic rings. The van der Waals surface area contributed by atoms with Crippen molar-refractivity contribution < 1.29 is 4.79 Å². The zero-order valence-electron chi connectivity index (χ0n) is 16.6.